The molecule has 2 aromatic heterocycles. The molecule has 1 aliphatic carbocycles. The van der Waals surface area contributed by atoms with E-state index in [9.17, 15) is 13.2 Å². The highest BCUT2D eigenvalue weighted by molar-refractivity contribution is 9.10. The van der Waals surface area contributed by atoms with Gasteiger partial charge in [0, 0.05) is 12.2 Å². The number of hydrogen-bond acceptors (Lipinski definition) is 2. The van der Waals surface area contributed by atoms with Crippen molar-refractivity contribution < 1.29 is 13.2 Å². The van der Waals surface area contributed by atoms with Gasteiger partial charge in [0.05, 0.1) is 17.1 Å². The van der Waals surface area contributed by atoms with E-state index in [1.54, 1.807) is 0 Å². The lowest BCUT2D eigenvalue weighted by Crippen LogP contribution is -2.32. The van der Waals surface area contributed by atoms with Crippen LogP contribution < -0.4 is 5.32 Å². The number of H-pyrrole nitrogens is 1. The van der Waals surface area contributed by atoms with Crippen LogP contribution in [0.15, 0.2) is 22.9 Å². The molecular weight excluding hydrogens is 347 g/mol. The number of halogens is 4. The monoisotopic (exact) mass is 361 g/mol. The number of hydrogen-bond donors (Lipinski definition) is 2. The molecule has 2 heterocycles. The molecule has 3 rings (SSSR count). The molecule has 114 valence electrons. The second-order valence-electron chi connectivity index (χ2n) is 5.47. The van der Waals surface area contributed by atoms with Crippen molar-refractivity contribution >= 4 is 32.7 Å². The Labute approximate surface area is 128 Å². The highest BCUT2D eigenvalue weighted by Crippen LogP contribution is 2.38. The van der Waals surface area contributed by atoms with Crippen molar-refractivity contribution in [2.45, 2.75) is 37.9 Å². The van der Waals surface area contributed by atoms with E-state index in [0.717, 1.165) is 21.3 Å². The molecule has 0 unspecified atom stereocenters. The Hall–Kier alpha value is -1.24. The van der Waals surface area contributed by atoms with E-state index >= 15 is 0 Å². The first-order valence-corrected chi connectivity index (χ1v) is 7.69. The number of anilines is 1. The molecule has 0 aliphatic heterocycles. The largest absolute Gasteiger partial charge is 0.391 e. The standard InChI is InChI=1S/C14H15BrF3N3/c15-12-6-5-10-13(21-12)11(7-19-10)20-9-3-1-8(2-4-9)14(16,17)18/h5-9,19-20H,1-4H2. The first-order chi connectivity index (χ1) is 9.93. The van der Waals surface area contributed by atoms with Crippen molar-refractivity contribution in [3.05, 3.63) is 22.9 Å². The van der Waals surface area contributed by atoms with Gasteiger partial charge in [-0.15, -0.1) is 0 Å². The number of alkyl halides is 3. The Bertz CT molecular complexity index is 630. The van der Waals surface area contributed by atoms with Gasteiger partial charge in [-0.1, -0.05) is 0 Å². The van der Waals surface area contributed by atoms with Gasteiger partial charge in [-0.3, -0.25) is 0 Å². The lowest BCUT2D eigenvalue weighted by atomic mass is 9.85. The molecule has 1 aliphatic rings. The molecule has 0 radical (unpaired) electrons. The summed E-state index contributed by atoms with van der Waals surface area (Å²) >= 11 is 3.33. The second kappa shape index (κ2) is 5.51. The van der Waals surface area contributed by atoms with Crippen molar-refractivity contribution in [3.8, 4) is 0 Å². The molecule has 0 bridgehead atoms. The minimum absolute atomic E-state index is 0.0726. The summed E-state index contributed by atoms with van der Waals surface area (Å²) in [5, 5.41) is 3.32. The summed E-state index contributed by atoms with van der Waals surface area (Å²) in [5.74, 6) is -1.15. The van der Waals surface area contributed by atoms with E-state index < -0.39 is 12.1 Å². The molecule has 2 N–H and O–H groups in total. The van der Waals surface area contributed by atoms with E-state index in [0.29, 0.717) is 12.8 Å². The maximum absolute atomic E-state index is 12.7. The molecule has 0 saturated heterocycles. The number of nitrogens with zero attached hydrogens (tertiary/aromatic N) is 1. The highest BCUT2D eigenvalue weighted by atomic mass is 79.9. The van der Waals surface area contributed by atoms with Crippen LogP contribution >= 0.6 is 15.9 Å². The van der Waals surface area contributed by atoms with Gasteiger partial charge in [-0.05, 0) is 53.7 Å². The molecule has 0 spiro atoms. The molecule has 1 saturated carbocycles. The summed E-state index contributed by atoms with van der Waals surface area (Å²) < 4.78 is 38.7. The first-order valence-electron chi connectivity index (χ1n) is 6.90. The van der Waals surface area contributed by atoms with Gasteiger partial charge in [0.2, 0.25) is 0 Å². The smallest absolute Gasteiger partial charge is 0.379 e. The van der Waals surface area contributed by atoms with Gasteiger partial charge in [-0.25, -0.2) is 4.98 Å². The number of aromatic nitrogens is 2. The van der Waals surface area contributed by atoms with E-state index in [1.807, 2.05) is 18.3 Å². The van der Waals surface area contributed by atoms with Gasteiger partial charge < -0.3 is 10.3 Å². The van der Waals surface area contributed by atoms with Gasteiger partial charge in [0.15, 0.2) is 0 Å². The van der Waals surface area contributed by atoms with Crippen molar-refractivity contribution in [3.63, 3.8) is 0 Å². The van der Waals surface area contributed by atoms with Crippen LogP contribution in [-0.2, 0) is 0 Å². The van der Waals surface area contributed by atoms with Crippen LogP contribution in [0.2, 0.25) is 0 Å². The van der Waals surface area contributed by atoms with Gasteiger partial charge in [0.1, 0.15) is 10.1 Å². The summed E-state index contributed by atoms with van der Waals surface area (Å²) in [6.45, 7) is 0. The third-order valence-corrected chi connectivity index (χ3v) is 4.48. The maximum atomic E-state index is 12.7. The summed E-state index contributed by atoms with van der Waals surface area (Å²) in [5.41, 5.74) is 2.56. The molecule has 1 fully saturated rings. The average molecular weight is 362 g/mol. The van der Waals surface area contributed by atoms with Crippen LogP contribution in [0.1, 0.15) is 25.7 Å². The summed E-state index contributed by atoms with van der Waals surface area (Å²) in [4.78, 5) is 7.51. The van der Waals surface area contributed by atoms with E-state index in [2.05, 4.69) is 31.2 Å². The van der Waals surface area contributed by atoms with Crippen molar-refractivity contribution in [1.29, 1.82) is 0 Å². The number of nitrogens with one attached hydrogen (secondary N) is 2. The maximum Gasteiger partial charge on any atom is 0.391 e. The average Bonchev–Trinajstić information content (AvgIpc) is 2.81. The summed E-state index contributed by atoms with van der Waals surface area (Å²) in [6, 6.07) is 3.83. The van der Waals surface area contributed by atoms with Crippen LogP contribution in [0.5, 0.6) is 0 Å². The molecule has 2 aromatic rings. The van der Waals surface area contributed by atoms with E-state index in [4.69, 9.17) is 0 Å². The van der Waals surface area contributed by atoms with Crippen molar-refractivity contribution in [1.82, 2.24) is 9.97 Å². The molecule has 21 heavy (non-hydrogen) atoms. The Morgan fingerprint density at radius 1 is 1.19 bits per heavy atom. The number of fused-ring (bicyclic) bond motifs is 1. The zero-order chi connectivity index (χ0) is 15.0. The minimum atomic E-state index is -4.06. The molecule has 7 heteroatoms. The fourth-order valence-corrected chi connectivity index (χ4v) is 3.18. The van der Waals surface area contributed by atoms with Gasteiger partial charge in [0.25, 0.3) is 0 Å². The third kappa shape index (κ3) is 3.17. The summed E-state index contributed by atoms with van der Waals surface area (Å²) in [7, 11) is 0. The fraction of sp³-hybridized carbons (Fsp3) is 0.500. The lowest BCUT2D eigenvalue weighted by molar-refractivity contribution is -0.182. The first kappa shape index (κ1) is 14.7. The van der Waals surface area contributed by atoms with E-state index in [-0.39, 0.29) is 18.9 Å². The molecular formula is C14H15BrF3N3. The molecule has 0 aromatic carbocycles. The number of pyridine rings is 1. The summed E-state index contributed by atoms with van der Waals surface area (Å²) in [6.07, 6.45) is -0.783. The van der Waals surface area contributed by atoms with Gasteiger partial charge >= 0.3 is 6.18 Å². The lowest BCUT2D eigenvalue weighted by Gasteiger charge is -2.30. The van der Waals surface area contributed by atoms with Crippen LogP contribution in [0.25, 0.3) is 11.0 Å². The van der Waals surface area contributed by atoms with Crippen molar-refractivity contribution in [2.24, 2.45) is 5.92 Å². The second-order valence-corrected chi connectivity index (χ2v) is 6.28. The zero-order valence-corrected chi connectivity index (χ0v) is 12.8. The highest BCUT2D eigenvalue weighted by Gasteiger charge is 2.41. The predicted octanol–water partition coefficient (Wildman–Crippen LogP) is 4.86. The quantitative estimate of drug-likeness (QED) is 0.750. The van der Waals surface area contributed by atoms with E-state index in [1.165, 1.54) is 0 Å². The molecule has 0 amide bonds. The van der Waals surface area contributed by atoms with Crippen LogP contribution in [-0.4, -0.2) is 22.2 Å². The van der Waals surface area contributed by atoms with Gasteiger partial charge in [-0.2, -0.15) is 13.2 Å². The van der Waals surface area contributed by atoms with Crippen LogP contribution in [0.4, 0.5) is 18.9 Å². The Balaban J connectivity index is 1.68. The molecule has 0 atom stereocenters. The Morgan fingerprint density at radius 3 is 2.57 bits per heavy atom. The Morgan fingerprint density at radius 2 is 1.90 bits per heavy atom. The van der Waals surface area contributed by atoms with Crippen molar-refractivity contribution in [2.75, 3.05) is 5.32 Å². The zero-order valence-electron chi connectivity index (χ0n) is 11.2. The Kier molecular flexibility index (Phi) is 3.86. The fourth-order valence-electron chi connectivity index (χ4n) is 2.87. The normalized spacial score (nSPS) is 23.4. The number of aromatic amines is 1. The SMILES string of the molecule is FC(F)(F)C1CCC(Nc2c[nH]c3ccc(Br)nc23)CC1. The topological polar surface area (TPSA) is 40.7 Å². The number of rotatable bonds is 2. The third-order valence-electron chi connectivity index (χ3n) is 4.04. The molecule has 3 nitrogen and oxygen atoms in total. The van der Waals surface area contributed by atoms with Crippen LogP contribution in [0.3, 0.4) is 0 Å². The minimum Gasteiger partial charge on any atom is -0.379 e. The predicted molar refractivity (Wildman–Crippen MR) is 79.2 cm³/mol. The van der Waals surface area contributed by atoms with Crippen LogP contribution in [0, 0.1) is 5.92 Å².